The monoisotopic (exact) mass is 413 g/mol. The number of hydrogen-bond donors (Lipinski definition) is 1. The van der Waals surface area contributed by atoms with Crippen molar-refractivity contribution in [3.05, 3.63) is 76.0 Å². The first kappa shape index (κ1) is 17.9. The van der Waals surface area contributed by atoms with E-state index in [1.54, 1.807) is 37.3 Å². The van der Waals surface area contributed by atoms with Gasteiger partial charge >= 0.3 is 5.97 Å². The number of nitrogens with one attached hydrogen (secondary N) is 1. The van der Waals surface area contributed by atoms with E-state index in [1.807, 2.05) is 24.3 Å². The summed E-state index contributed by atoms with van der Waals surface area (Å²) < 4.78 is 11.4. The van der Waals surface area contributed by atoms with E-state index in [-0.39, 0.29) is 11.5 Å². The van der Waals surface area contributed by atoms with E-state index in [0.29, 0.717) is 22.8 Å². The molecule has 0 aliphatic heterocycles. The van der Waals surface area contributed by atoms with Gasteiger partial charge in [0.15, 0.2) is 0 Å². The van der Waals surface area contributed by atoms with Crippen molar-refractivity contribution in [3.63, 3.8) is 0 Å². The van der Waals surface area contributed by atoms with Gasteiger partial charge in [-0.3, -0.25) is 4.79 Å². The quantitative estimate of drug-likeness (QED) is 0.607. The topological polar surface area (TPSA) is 68.5 Å². The van der Waals surface area contributed by atoms with E-state index < -0.39 is 5.97 Å². The lowest BCUT2D eigenvalue weighted by Crippen LogP contribution is -2.15. The summed E-state index contributed by atoms with van der Waals surface area (Å²) in [6.45, 7) is 1.73. The smallest absolute Gasteiger partial charge is 0.339 e. The van der Waals surface area contributed by atoms with E-state index in [2.05, 4.69) is 21.2 Å². The van der Waals surface area contributed by atoms with E-state index in [9.17, 15) is 9.59 Å². The van der Waals surface area contributed by atoms with Crippen LogP contribution in [0.5, 0.6) is 0 Å². The highest BCUT2D eigenvalue weighted by atomic mass is 79.9. The van der Waals surface area contributed by atoms with Gasteiger partial charge in [-0.05, 0) is 37.3 Å². The molecule has 2 aromatic carbocycles. The molecule has 132 valence electrons. The second-order valence-electron chi connectivity index (χ2n) is 5.58. The fourth-order valence-corrected chi connectivity index (χ4v) is 2.80. The fourth-order valence-electron chi connectivity index (χ4n) is 2.53. The first-order chi connectivity index (χ1) is 12.5. The molecule has 0 saturated heterocycles. The molecule has 26 heavy (non-hydrogen) atoms. The average Bonchev–Trinajstić information content (AvgIpc) is 3.04. The number of anilines is 1. The van der Waals surface area contributed by atoms with Gasteiger partial charge in [-0.2, -0.15) is 0 Å². The van der Waals surface area contributed by atoms with Crippen molar-refractivity contribution >= 4 is 33.5 Å². The Hall–Kier alpha value is -2.86. The molecule has 0 aliphatic rings. The minimum atomic E-state index is -0.514. The number of furan rings is 1. The van der Waals surface area contributed by atoms with Crippen molar-refractivity contribution in [3.8, 4) is 11.3 Å². The average molecular weight is 414 g/mol. The Morgan fingerprint density at radius 2 is 1.73 bits per heavy atom. The van der Waals surface area contributed by atoms with Crippen LogP contribution < -0.4 is 5.32 Å². The predicted molar refractivity (Wildman–Crippen MR) is 102 cm³/mol. The highest BCUT2D eigenvalue weighted by Crippen LogP contribution is 2.27. The second kappa shape index (κ2) is 7.58. The SMILES string of the molecule is COC(=O)c1ccccc1NC(=O)c1cc(-c2ccc(Br)cc2)oc1C. The van der Waals surface area contributed by atoms with Gasteiger partial charge in [0, 0.05) is 10.0 Å². The summed E-state index contributed by atoms with van der Waals surface area (Å²) in [5.41, 5.74) is 1.95. The molecule has 1 heterocycles. The summed E-state index contributed by atoms with van der Waals surface area (Å²) in [5, 5.41) is 2.75. The minimum Gasteiger partial charge on any atom is -0.465 e. The summed E-state index contributed by atoms with van der Waals surface area (Å²) in [7, 11) is 1.30. The first-order valence-electron chi connectivity index (χ1n) is 7.84. The molecule has 3 rings (SSSR count). The van der Waals surface area contributed by atoms with Gasteiger partial charge in [0.1, 0.15) is 11.5 Å². The summed E-state index contributed by atoms with van der Waals surface area (Å²) in [4.78, 5) is 24.5. The molecule has 0 radical (unpaired) electrons. The van der Waals surface area contributed by atoms with Gasteiger partial charge in [0.2, 0.25) is 0 Å². The predicted octanol–water partition coefficient (Wildman–Crippen LogP) is 5.06. The normalized spacial score (nSPS) is 10.4. The molecule has 1 N–H and O–H groups in total. The van der Waals surface area contributed by atoms with Crippen molar-refractivity contribution in [2.45, 2.75) is 6.92 Å². The molecule has 6 heteroatoms. The number of amides is 1. The zero-order chi connectivity index (χ0) is 18.7. The van der Waals surface area contributed by atoms with Crippen LogP contribution in [0.3, 0.4) is 0 Å². The number of ether oxygens (including phenoxy) is 1. The molecule has 3 aromatic rings. The molecule has 0 aliphatic carbocycles. The fraction of sp³-hybridized carbons (Fsp3) is 0.100. The van der Waals surface area contributed by atoms with Crippen molar-refractivity contribution < 1.29 is 18.7 Å². The van der Waals surface area contributed by atoms with E-state index in [0.717, 1.165) is 10.0 Å². The van der Waals surface area contributed by atoms with Crippen molar-refractivity contribution in [1.82, 2.24) is 0 Å². The Balaban J connectivity index is 1.88. The van der Waals surface area contributed by atoms with Crippen molar-refractivity contribution in [2.75, 3.05) is 12.4 Å². The standard InChI is InChI=1S/C20H16BrNO4/c1-12-16(11-18(26-12)13-7-9-14(21)10-8-13)19(23)22-17-6-4-3-5-15(17)20(24)25-2/h3-11H,1-2H3,(H,22,23). The zero-order valence-electron chi connectivity index (χ0n) is 14.2. The lowest BCUT2D eigenvalue weighted by Gasteiger charge is -2.08. The maximum Gasteiger partial charge on any atom is 0.339 e. The van der Waals surface area contributed by atoms with Crippen LogP contribution in [0.15, 0.2) is 63.5 Å². The highest BCUT2D eigenvalue weighted by Gasteiger charge is 2.19. The van der Waals surface area contributed by atoms with Gasteiger partial charge in [0.05, 0.1) is 23.9 Å². The molecule has 0 fully saturated rings. The lowest BCUT2D eigenvalue weighted by molar-refractivity contribution is 0.0602. The van der Waals surface area contributed by atoms with Crippen molar-refractivity contribution in [2.24, 2.45) is 0 Å². The third-order valence-electron chi connectivity index (χ3n) is 3.87. The van der Waals surface area contributed by atoms with Crippen LogP contribution in [0.4, 0.5) is 5.69 Å². The molecule has 1 amide bonds. The number of para-hydroxylation sites is 1. The number of hydrogen-bond acceptors (Lipinski definition) is 4. The Kier molecular flexibility index (Phi) is 5.23. The maximum atomic E-state index is 12.7. The molecule has 0 spiro atoms. The zero-order valence-corrected chi connectivity index (χ0v) is 15.8. The third-order valence-corrected chi connectivity index (χ3v) is 4.40. The third kappa shape index (κ3) is 3.70. The van der Waals surface area contributed by atoms with Gasteiger partial charge < -0.3 is 14.5 Å². The summed E-state index contributed by atoms with van der Waals surface area (Å²) in [6, 6.07) is 16.0. The number of aryl methyl sites for hydroxylation is 1. The molecular formula is C20H16BrNO4. The number of benzene rings is 2. The van der Waals surface area contributed by atoms with E-state index in [4.69, 9.17) is 9.15 Å². The number of halogens is 1. The molecule has 1 aromatic heterocycles. The summed E-state index contributed by atoms with van der Waals surface area (Å²) >= 11 is 3.39. The number of carbonyl (C=O) groups is 2. The van der Waals surface area contributed by atoms with Crippen LogP contribution in [0.25, 0.3) is 11.3 Å². The Labute approximate surface area is 159 Å². The van der Waals surface area contributed by atoms with Gasteiger partial charge in [0.25, 0.3) is 5.91 Å². The largest absolute Gasteiger partial charge is 0.465 e. The van der Waals surface area contributed by atoms with E-state index in [1.165, 1.54) is 7.11 Å². The lowest BCUT2D eigenvalue weighted by atomic mass is 10.1. The Morgan fingerprint density at radius 3 is 2.42 bits per heavy atom. The number of esters is 1. The first-order valence-corrected chi connectivity index (χ1v) is 8.64. The van der Waals surface area contributed by atoms with Gasteiger partial charge in [-0.1, -0.05) is 40.2 Å². The molecule has 0 atom stereocenters. The van der Waals surface area contributed by atoms with E-state index >= 15 is 0 Å². The van der Waals surface area contributed by atoms with Crippen LogP contribution in [-0.4, -0.2) is 19.0 Å². The van der Waals surface area contributed by atoms with Crippen LogP contribution >= 0.6 is 15.9 Å². The van der Waals surface area contributed by atoms with Crippen LogP contribution in [0, 0.1) is 6.92 Å². The number of carbonyl (C=O) groups excluding carboxylic acids is 2. The van der Waals surface area contributed by atoms with Crippen LogP contribution in [0.1, 0.15) is 26.5 Å². The number of rotatable bonds is 4. The Morgan fingerprint density at radius 1 is 1.04 bits per heavy atom. The van der Waals surface area contributed by atoms with Gasteiger partial charge in [-0.25, -0.2) is 4.79 Å². The van der Waals surface area contributed by atoms with Crippen LogP contribution in [-0.2, 0) is 4.74 Å². The molecule has 5 nitrogen and oxygen atoms in total. The highest BCUT2D eigenvalue weighted by molar-refractivity contribution is 9.10. The summed E-state index contributed by atoms with van der Waals surface area (Å²) in [6.07, 6.45) is 0. The molecule has 0 saturated carbocycles. The minimum absolute atomic E-state index is 0.289. The van der Waals surface area contributed by atoms with Crippen molar-refractivity contribution in [1.29, 1.82) is 0 Å². The molecular weight excluding hydrogens is 398 g/mol. The summed E-state index contributed by atoms with van der Waals surface area (Å²) in [5.74, 6) is 0.226. The maximum absolute atomic E-state index is 12.7. The molecule has 0 bridgehead atoms. The van der Waals surface area contributed by atoms with Crippen LogP contribution in [0.2, 0.25) is 0 Å². The molecule has 0 unspecified atom stereocenters. The number of methoxy groups -OCH3 is 1. The second-order valence-corrected chi connectivity index (χ2v) is 6.49. The Bertz CT molecular complexity index is 960. The van der Waals surface area contributed by atoms with Gasteiger partial charge in [-0.15, -0.1) is 0 Å².